The van der Waals surface area contributed by atoms with Gasteiger partial charge in [0, 0.05) is 108 Å². The molecule has 0 bridgehead atoms. The largest absolute Gasteiger partial charge is 0.494 e. The Morgan fingerprint density at radius 3 is 0.830 bits per heavy atom. The molecule has 1 aliphatic heterocycles. The van der Waals surface area contributed by atoms with Gasteiger partial charge in [0.05, 0.1) is 16.9 Å². The highest BCUT2D eigenvalue weighted by Crippen LogP contribution is 2.40. The standard InChI is InChI=1S/C53H36N6.C20H12Br3N3.C17H20BNO2/c1-10-37(28-42(15-1)48-21-7-25-54-34-48)40-13-4-19-46(31-40)52-57-58-53(47-20-5-14-41(32-47)38-11-2-16-43(29-38)49-22-8-26-55-35-49)59(52)51-24-6-18-45(33-51)39-12-3-17-44(30-39)50-23-9-27-56-36-50;21-15-6-1-4-13(10-15)19-24-25-20(14-5-2-7-16(22)11-14)26(19)18-9-3-8-17(23)12-18;1-16(2)17(3,4)21-18(20-16)15-9-5-7-13(11-15)14-8-6-10-19-12-14/h1-36H;1-12H;5-12H,1-4H3. The normalized spacial score (nSPS) is 12.7. The molecule has 1 saturated heterocycles. The van der Waals surface area contributed by atoms with E-state index in [1.165, 1.54) is 0 Å². The first-order chi connectivity index (χ1) is 51.7. The van der Waals surface area contributed by atoms with E-state index < -0.39 is 0 Å². The Labute approximate surface area is 642 Å². The van der Waals surface area contributed by atoms with E-state index in [-0.39, 0.29) is 18.3 Å². The van der Waals surface area contributed by atoms with Crippen LogP contribution in [0.5, 0.6) is 0 Å². The highest BCUT2D eigenvalue weighted by atomic mass is 79.9. The quantitative estimate of drug-likeness (QED) is 0.0970. The predicted molar refractivity (Wildman–Crippen MR) is 439 cm³/mol. The number of benzene rings is 10. The van der Waals surface area contributed by atoms with Crippen LogP contribution in [0.4, 0.5) is 0 Å². The average molecular weight is 1570 g/mol. The van der Waals surface area contributed by atoms with E-state index in [0.717, 1.165) is 154 Å². The number of hydrogen-bond donors (Lipinski definition) is 0. The summed E-state index contributed by atoms with van der Waals surface area (Å²) >= 11 is 10.6. The zero-order chi connectivity index (χ0) is 72.6. The van der Waals surface area contributed by atoms with Crippen molar-refractivity contribution in [1.82, 2.24) is 49.5 Å². The van der Waals surface area contributed by atoms with Crippen molar-refractivity contribution in [3.05, 3.63) is 354 Å². The molecule has 514 valence electrons. The first-order valence-corrected chi connectivity index (χ1v) is 37.0. The predicted octanol–water partition coefficient (Wildman–Crippen LogP) is 22.7. The van der Waals surface area contributed by atoms with E-state index in [1.807, 2.05) is 122 Å². The summed E-state index contributed by atoms with van der Waals surface area (Å²) in [4.78, 5) is 17.2. The summed E-state index contributed by atoms with van der Waals surface area (Å²) in [5.41, 5.74) is 21.6. The summed E-state index contributed by atoms with van der Waals surface area (Å²) in [5, 5.41) is 18.9. The third-order valence-corrected chi connectivity index (χ3v) is 20.4. The molecule has 0 atom stereocenters. The van der Waals surface area contributed by atoms with Crippen LogP contribution >= 0.6 is 47.8 Å². The minimum Gasteiger partial charge on any atom is -0.399 e. The van der Waals surface area contributed by atoms with Gasteiger partial charge in [0.2, 0.25) is 0 Å². The minimum atomic E-state index is -0.327. The van der Waals surface area contributed by atoms with Crippen LogP contribution in [-0.4, -0.2) is 67.8 Å². The van der Waals surface area contributed by atoms with E-state index in [2.05, 4.69) is 309 Å². The van der Waals surface area contributed by atoms with Gasteiger partial charge in [-0.15, -0.1) is 20.4 Å². The smallest absolute Gasteiger partial charge is 0.399 e. The lowest BCUT2D eigenvalue weighted by molar-refractivity contribution is 0.00578. The Kier molecular flexibility index (Phi) is 20.8. The van der Waals surface area contributed by atoms with Crippen molar-refractivity contribution in [2.24, 2.45) is 0 Å². The Balaban J connectivity index is 0.000000156. The van der Waals surface area contributed by atoms with Gasteiger partial charge in [0.1, 0.15) is 0 Å². The van der Waals surface area contributed by atoms with Gasteiger partial charge in [0.25, 0.3) is 0 Å². The Morgan fingerprint density at radius 2 is 0.500 bits per heavy atom. The molecule has 0 spiro atoms. The molecule has 0 aliphatic carbocycles. The number of aromatic nitrogens is 10. The van der Waals surface area contributed by atoms with Gasteiger partial charge in [-0.25, -0.2) is 0 Å². The zero-order valence-electron chi connectivity index (χ0n) is 58.3. The molecule has 17 rings (SSSR count). The molecule has 16 aromatic rings. The lowest BCUT2D eigenvalue weighted by atomic mass is 9.78. The highest BCUT2D eigenvalue weighted by molar-refractivity contribution is 9.11. The summed E-state index contributed by atoms with van der Waals surface area (Å²) in [5.74, 6) is 3.07. The summed E-state index contributed by atoms with van der Waals surface area (Å²) in [6, 6.07) is 100. The van der Waals surface area contributed by atoms with Crippen LogP contribution in [0.2, 0.25) is 0 Å². The van der Waals surface area contributed by atoms with Crippen molar-refractivity contribution in [1.29, 1.82) is 0 Å². The van der Waals surface area contributed by atoms with Crippen molar-refractivity contribution >= 4 is 60.4 Å². The van der Waals surface area contributed by atoms with E-state index in [9.17, 15) is 0 Å². The third kappa shape index (κ3) is 15.8. The first kappa shape index (κ1) is 70.2. The van der Waals surface area contributed by atoms with E-state index >= 15 is 0 Å². The average Bonchev–Trinajstić information content (AvgIpc) is 1.62. The van der Waals surface area contributed by atoms with E-state index in [4.69, 9.17) is 19.5 Å². The van der Waals surface area contributed by atoms with Crippen molar-refractivity contribution in [2.45, 2.75) is 38.9 Å². The first-order valence-electron chi connectivity index (χ1n) is 34.6. The lowest BCUT2D eigenvalue weighted by Crippen LogP contribution is -2.41. The second-order valence-electron chi connectivity index (χ2n) is 26.5. The van der Waals surface area contributed by atoms with Gasteiger partial charge >= 0.3 is 7.12 Å². The Hall–Kier alpha value is -11.5. The molecule has 0 saturated carbocycles. The number of halogens is 3. The van der Waals surface area contributed by atoms with Gasteiger partial charge in [-0.05, 0) is 204 Å². The zero-order valence-corrected chi connectivity index (χ0v) is 63.1. The molecular weight excluding hydrogens is 1500 g/mol. The van der Waals surface area contributed by atoms with E-state index in [0.29, 0.717) is 0 Å². The second kappa shape index (κ2) is 31.4. The molecular formula is C90H68BBr3N10O2. The van der Waals surface area contributed by atoms with Crippen molar-refractivity contribution < 1.29 is 9.31 Å². The van der Waals surface area contributed by atoms with Crippen LogP contribution in [0.1, 0.15) is 27.7 Å². The maximum atomic E-state index is 6.10. The fourth-order valence-electron chi connectivity index (χ4n) is 12.8. The molecule has 1 fully saturated rings. The van der Waals surface area contributed by atoms with Crippen LogP contribution in [0.25, 0.3) is 135 Å². The summed E-state index contributed by atoms with van der Waals surface area (Å²) in [7, 11) is -0.327. The van der Waals surface area contributed by atoms with Crippen LogP contribution in [0, 0.1) is 0 Å². The molecule has 16 heteroatoms. The summed E-state index contributed by atoms with van der Waals surface area (Å²) < 4.78 is 19.5. The molecule has 0 radical (unpaired) electrons. The summed E-state index contributed by atoms with van der Waals surface area (Å²) in [6.45, 7) is 8.27. The van der Waals surface area contributed by atoms with Crippen molar-refractivity contribution in [2.75, 3.05) is 0 Å². The topological polar surface area (TPSA) is 131 Å². The van der Waals surface area contributed by atoms with Gasteiger partial charge in [-0.3, -0.25) is 29.1 Å². The fraction of sp³-hybridized carbons (Fsp3) is 0.0667. The van der Waals surface area contributed by atoms with Crippen LogP contribution in [0.3, 0.4) is 0 Å². The van der Waals surface area contributed by atoms with Gasteiger partial charge in [-0.2, -0.15) is 0 Å². The van der Waals surface area contributed by atoms with Gasteiger partial charge < -0.3 is 9.31 Å². The summed E-state index contributed by atoms with van der Waals surface area (Å²) in [6.07, 6.45) is 14.7. The van der Waals surface area contributed by atoms with Gasteiger partial charge in [0.15, 0.2) is 23.3 Å². The van der Waals surface area contributed by atoms with Gasteiger partial charge in [-0.1, -0.05) is 230 Å². The highest BCUT2D eigenvalue weighted by Gasteiger charge is 2.51. The molecule has 1 aliphatic rings. The van der Waals surface area contributed by atoms with Crippen LogP contribution in [0.15, 0.2) is 354 Å². The van der Waals surface area contributed by atoms with Crippen LogP contribution < -0.4 is 5.46 Å². The molecule has 0 unspecified atom stereocenters. The molecule has 12 nitrogen and oxygen atoms in total. The molecule has 106 heavy (non-hydrogen) atoms. The fourth-order valence-corrected chi connectivity index (χ4v) is 14.0. The Morgan fingerprint density at radius 1 is 0.255 bits per heavy atom. The number of hydrogen-bond acceptors (Lipinski definition) is 10. The maximum absolute atomic E-state index is 6.10. The third-order valence-electron chi connectivity index (χ3n) is 18.9. The molecule has 6 aromatic heterocycles. The SMILES string of the molecule is Brc1cccc(-c2nnc(-c3cccc(Br)c3)n2-c2cccc(Br)c2)c1.CC1(C)OB(c2cccc(-c3cccnc3)c2)OC1(C)C.c1cncc(-c2cccc(-c3cccc(-c4nnc(-c5cccc(-c6cccc(-c7cccnc7)c6)c5)n4-c4cccc(-c5cccc(-c6cccnc6)c5)c4)c3)c2)c1. The molecule has 10 aromatic carbocycles. The number of rotatable bonds is 14. The Bertz CT molecular complexity index is 5540. The number of nitrogens with zero attached hydrogens (tertiary/aromatic N) is 10. The molecule has 0 amide bonds. The number of pyridine rings is 4. The maximum Gasteiger partial charge on any atom is 0.494 e. The lowest BCUT2D eigenvalue weighted by Gasteiger charge is -2.32. The molecule has 7 heterocycles. The van der Waals surface area contributed by atoms with Crippen molar-refractivity contribution in [3.8, 4) is 135 Å². The minimum absolute atomic E-state index is 0.317. The molecule has 0 N–H and O–H groups in total. The van der Waals surface area contributed by atoms with E-state index in [1.54, 1.807) is 24.8 Å². The second-order valence-corrected chi connectivity index (χ2v) is 29.2. The van der Waals surface area contributed by atoms with Crippen LogP contribution in [-0.2, 0) is 9.31 Å². The monoisotopic (exact) mass is 1570 g/mol. The van der Waals surface area contributed by atoms with Crippen molar-refractivity contribution in [3.63, 3.8) is 0 Å².